The highest BCUT2D eigenvalue weighted by atomic mass is 32.2. The molecule has 0 saturated carbocycles. The Morgan fingerprint density at radius 3 is 2.01 bits per heavy atom. The first-order valence-corrected chi connectivity index (χ1v) is 29.0. The lowest BCUT2D eigenvalue weighted by Crippen LogP contribution is -2.54. The van der Waals surface area contributed by atoms with E-state index in [0.29, 0.717) is 67.7 Å². The van der Waals surface area contributed by atoms with E-state index in [1.807, 2.05) is 66.7 Å². The average molecular weight is 1180 g/mol. The largest absolute Gasteiger partial charge is 0.493 e. The van der Waals surface area contributed by atoms with E-state index in [1.165, 1.54) is 42.7 Å². The number of anilines is 1. The number of amides is 2. The zero-order chi connectivity index (χ0) is 60.3. The lowest BCUT2D eigenvalue weighted by atomic mass is 10.0. The first kappa shape index (κ1) is 65.2. The summed E-state index contributed by atoms with van der Waals surface area (Å²) >= 11 is 0. The number of ether oxygens (including phenoxy) is 3. The van der Waals surface area contributed by atoms with E-state index in [-0.39, 0.29) is 60.8 Å². The maximum atomic E-state index is 13.4. The molecule has 24 heteroatoms. The van der Waals surface area contributed by atoms with Gasteiger partial charge in [-0.15, -0.1) is 5.43 Å². The molecule has 0 saturated heterocycles. The standard InChI is InChI=1S/C60H73N7O16S/c68-39-49(70)58(75)57(74)48(69)38-63-60(77)46(66-59(76)43-26-28-53(62-36-43)67-64-37-42-20-8-9-24-52(42)84(78,79)80)21-10-11-30-61-54(71)25-15-33-82-51-23-14-22-50(45(51)27-29-56(72)73)81-31-12-3-13-32-83-55-35-44(40-16-4-1-5-17-40)34-47(65-55)41-18-6-2-7-19-41/h1-2,4-9,14,16-20,22-24,26,28,34-37,46,48-49,57-58,60,63,68-70,74-75,77H,3,10-13,15,21,25,27,29-33,38-39H2,(H,61,71)(H,62,67)(H,66,76)(H,72,73)(H,78,79,80)/p+1. The van der Waals surface area contributed by atoms with E-state index >= 15 is 0 Å². The number of aromatic nitrogens is 2. The normalized spacial score (nSPS) is 13.7. The first-order valence-electron chi connectivity index (χ1n) is 27.5. The van der Waals surface area contributed by atoms with Crippen molar-refractivity contribution in [2.45, 2.75) is 106 Å². The maximum Gasteiger partial charge on any atom is 0.303 e. The number of H-pyrrole nitrogens is 1. The van der Waals surface area contributed by atoms with E-state index in [2.05, 4.69) is 37.5 Å². The van der Waals surface area contributed by atoms with E-state index in [1.54, 1.807) is 24.3 Å². The van der Waals surface area contributed by atoms with Gasteiger partial charge in [-0.25, -0.2) is 9.97 Å². The second-order valence-electron chi connectivity index (χ2n) is 19.6. The van der Waals surface area contributed by atoms with Gasteiger partial charge in [-0.2, -0.15) is 8.42 Å². The molecule has 0 aliphatic heterocycles. The van der Waals surface area contributed by atoms with Gasteiger partial charge in [0.25, 0.3) is 21.8 Å². The van der Waals surface area contributed by atoms with Gasteiger partial charge in [-0.3, -0.25) is 24.3 Å². The van der Waals surface area contributed by atoms with Crippen molar-refractivity contribution >= 4 is 39.9 Å². The number of carbonyl (C=O) groups is 3. The fourth-order valence-electron chi connectivity index (χ4n) is 8.65. The molecule has 2 heterocycles. The van der Waals surface area contributed by atoms with Gasteiger partial charge >= 0.3 is 5.97 Å². The zero-order valence-electron chi connectivity index (χ0n) is 46.2. The Hall–Kier alpha value is -7.91. The summed E-state index contributed by atoms with van der Waals surface area (Å²) in [6.07, 6.45) is -2.58. The number of carbonyl (C=O) groups excluding carboxylic acids is 2. The highest BCUT2D eigenvalue weighted by Gasteiger charge is 2.31. The van der Waals surface area contributed by atoms with Gasteiger partial charge in [0.1, 0.15) is 47.1 Å². The molecule has 0 spiro atoms. The van der Waals surface area contributed by atoms with Crippen LogP contribution in [-0.4, -0.2) is 154 Å². The number of unbranched alkanes of at least 4 members (excludes halogenated alkanes) is 3. The molecule has 0 bridgehead atoms. The lowest BCUT2D eigenvalue weighted by molar-refractivity contribution is -0.361. The minimum Gasteiger partial charge on any atom is -0.493 e. The third-order valence-electron chi connectivity index (χ3n) is 13.2. The molecule has 6 aromatic rings. The molecule has 23 nitrogen and oxygen atoms in total. The smallest absolute Gasteiger partial charge is 0.303 e. The molecule has 6 atom stereocenters. The van der Waals surface area contributed by atoms with Crippen molar-refractivity contribution in [3.8, 4) is 39.8 Å². The number of nitrogens with zero attached hydrogens (tertiary/aromatic N) is 2. The average Bonchev–Trinajstić information content (AvgIpc) is 3.71. The number of hydrogen-bond acceptors (Lipinski definition) is 18. The number of nitrogens with one attached hydrogen (secondary N) is 5. The summed E-state index contributed by atoms with van der Waals surface area (Å²) in [5, 5.41) is 82.5. The summed E-state index contributed by atoms with van der Waals surface area (Å²) in [5.41, 5.74) is 7.37. The van der Waals surface area contributed by atoms with Crippen LogP contribution in [0.15, 0.2) is 144 Å². The number of aliphatic hydroxyl groups is 6. The minimum atomic E-state index is -4.51. The number of hydrazone groups is 1. The molecule has 2 aromatic heterocycles. The number of carboxylic acids is 1. The molecule has 0 radical (unpaired) electrons. The van der Waals surface area contributed by atoms with Crippen LogP contribution in [0.4, 0.5) is 5.82 Å². The molecular formula is C60H74N7O16S+. The monoisotopic (exact) mass is 1180 g/mol. The summed E-state index contributed by atoms with van der Waals surface area (Å²) < 4.78 is 51.3. The van der Waals surface area contributed by atoms with Gasteiger partial charge in [-0.1, -0.05) is 90.0 Å². The molecule has 6 unspecified atom stereocenters. The van der Waals surface area contributed by atoms with Gasteiger partial charge in [0, 0.05) is 54.8 Å². The van der Waals surface area contributed by atoms with E-state index in [9.17, 15) is 58.0 Å². The van der Waals surface area contributed by atoms with Crippen LogP contribution in [0.5, 0.6) is 17.4 Å². The third-order valence-corrected chi connectivity index (χ3v) is 14.2. The molecule has 0 aliphatic carbocycles. The van der Waals surface area contributed by atoms with Gasteiger partial charge in [0.15, 0.2) is 0 Å². The van der Waals surface area contributed by atoms with Crippen molar-refractivity contribution in [2.75, 3.05) is 44.9 Å². The van der Waals surface area contributed by atoms with Crippen LogP contribution in [0, 0.1) is 0 Å². The Bertz CT molecular complexity index is 3090. The topological polar surface area (TPSA) is 362 Å². The van der Waals surface area contributed by atoms with Gasteiger partial charge in [0.2, 0.25) is 11.8 Å². The number of aliphatic hydroxyl groups excluding tert-OH is 6. The fourth-order valence-corrected chi connectivity index (χ4v) is 9.31. The van der Waals surface area contributed by atoms with Crippen molar-refractivity contribution in [3.05, 3.63) is 150 Å². The summed E-state index contributed by atoms with van der Waals surface area (Å²) in [5.74, 6) is -0.0535. The quantitative estimate of drug-likeness (QED) is 0.00856. The molecule has 13 N–H and O–H groups in total. The molecule has 4 aromatic carbocycles. The van der Waals surface area contributed by atoms with Crippen molar-refractivity contribution in [1.29, 1.82) is 0 Å². The predicted molar refractivity (Wildman–Crippen MR) is 311 cm³/mol. The number of carboxylic acid groups (broad SMARTS) is 1. The summed E-state index contributed by atoms with van der Waals surface area (Å²) in [6, 6.07) is 36.8. The van der Waals surface area contributed by atoms with Gasteiger partial charge in [0.05, 0.1) is 56.0 Å². The SMILES string of the molecule is O=C(O)CCc1c(OCCCCCOc2cc(-c3ccccc3)cc(-c3ccccc3)n2)cccc1OCCCC(=O)NCCCCC(NC(=O)c1ccc(NN=Cc2ccccc2S(=O)(=O)O)[nH+]c1)C(O)NCC(O)C(O)C(O)C(O)CO. The summed E-state index contributed by atoms with van der Waals surface area (Å²) in [6.45, 7) is -0.151. The Morgan fingerprint density at radius 2 is 1.35 bits per heavy atom. The lowest BCUT2D eigenvalue weighted by Gasteiger charge is -2.29. The molecule has 2 amide bonds. The van der Waals surface area contributed by atoms with Crippen molar-refractivity contribution in [3.63, 3.8) is 0 Å². The molecular weight excluding hydrogens is 1110 g/mol. The second kappa shape index (κ2) is 34.0. The van der Waals surface area contributed by atoms with Crippen LogP contribution in [0.1, 0.15) is 79.3 Å². The van der Waals surface area contributed by atoms with Crippen molar-refractivity contribution in [2.24, 2.45) is 5.10 Å². The third kappa shape index (κ3) is 21.4. The molecule has 0 aliphatic rings. The Balaban J connectivity index is 0.940. The summed E-state index contributed by atoms with van der Waals surface area (Å²) in [7, 11) is -4.51. The second-order valence-corrected chi connectivity index (χ2v) is 21.0. The van der Waals surface area contributed by atoms with Crippen molar-refractivity contribution in [1.82, 2.24) is 20.9 Å². The van der Waals surface area contributed by atoms with Crippen LogP contribution in [0.2, 0.25) is 0 Å². The first-order chi connectivity index (χ1) is 40.5. The van der Waals surface area contributed by atoms with Gasteiger partial charge < -0.3 is 60.6 Å². The van der Waals surface area contributed by atoms with E-state index in [0.717, 1.165) is 35.2 Å². The van der Waals surface area contributed by atoms with Gasteiger partial charge in [-0.05, 0) is 92.8 Å². The highest BCUT2D eigenvalue weighted by Crippen LogP contribution is 2.32. The Morgan fingerprint density at radius 1 is 0.690 bits per heavy atom. The van der Waals surface area contributed by atoms with Crippen LogP contribution >= 0.6 is 0 Å². The van der Waals surface area contributed by atoms with Crippen LogP contribution < -0.4 is 40.6 Å². The summed E-state index contributed by atoms with van der Waals surface area (Å²) in [4.78, 5) is 45.2. The molecule has 84 heavy (non-hydrogen) atoms. The number of rotatable bonds is 37. The number of benzene rings is 4. The Labute approximate surface area is 487 Å². The zero-order valence-corrected chi connectivity index (χ0v) is 47.0. The van der Waals surface area contributed by atoms with Crippen LogP contribution in [0.3, 0.4) is 0 Å². The number of aliphatic carboxylic acids is 1. The van der Waals surface area contributed by atoms with Crippen LogP contribution in [-0.2, 0) is 26.1 Å². The maximum absolute atomic E-state index is 13.4. The predicted octanol–water partition coefficient (Wildman–Crippen LogP) is 4.16. The number of pyridine rings is 2. The molecule has 0 fully saturated rings. The van der Waals surface area contributed by atoms with E-state index in [4.69, 9.17) is 24.3 Å². The van der Waals surface area contributed by atoms with Crippen molar-refractivity contribution < 1.29 is 82.3 Å². The number of aromatic amines is 1. The molecule has 6 rings (SSSR count). The fraction of sp³-hybridized carbons (Fsp3) is 0.367. The minimum absolute atomic E-state index is 0.114. The highest BCUT2D eigenvalue weighted by molar-refractivity contribution is 7.86. The van der Waals surface area contributed by atoms with Crippen LogP contribution in [0.25, 0.3) is 22.4 Å². The van der Waals surface area contributed by atoms with E-state index < -0.39 is 71.8 Å². The Kier molecular flexibility index (Phi) is 26.4. The molecule has 450 valence electrons. The number of hydrogen-bond donors (Lipinski definition) is 12.